The second-order valence-corrected chi connectivity index (χ2v) is 2.84. The van der Waals surface area contributed by atoms with Gasteiger partial charge < -0.3 is 11.1 Å². The number of hydrogen-bond donors (Lipinski definition) is 2. The smallest absolute Gasteiger partial charge is 0.0603 e. The fourth-order valence-corrected chi connectivity index (χ4v) is 0.650. The summed E-state index contributed by atoms with van der Waals surface area (Å²) >= 11 is 2.31. The van der Waals surface area contributed by atoms with Crippen LogP contribution in [0, 0.1) is 0 Å². The van der Waals surface area contributed by atoms with Gasteiger partial charge >= 0.3 is 0 Å². The van der Waals surface area contributed by atoms with E-state index in [2.05, 4.69) is 27.9 Å². The molecular weight excluding hydrogens is 203 g/mol. The van der Waals surface area contributed by atoms with Crippen molar-refractivity contribution in [2.75, 3.05) is 13.6 Å². The number of nitrogens with one attached hydrogen (secondary N) is 1. The van der Waals surface area contributed by atoms with Crippen LogP contribution in [-0.2, 0) is 0 Å². The van der Waals surface area contributed by atoms with Gasteiger partial charge in [0.05, 0.1) is 4.05 Å². The Bertz CT molecular complexity index is 40.7. The third-order valence-corrected chi connectivity index (χ3v) is 1.98. The summed E-state index contributed by atoms with van der Waals surface area (Å²) in [6, 6.07) is 0. The highest BCUT2D eigenvalue weighted by molar-refractivity contribution is 14.1. The summed E-state index contributed by atoms with van der Waals surface area (Å²) in [5.41, 5.74) is 5.26. The van der Waals surface area contributed by atoms with E-state index < -0.39 is 0 Å². The minimum atomic E-state index is 0.544. The van der Waals surface area contributed by atoms with E-state index in [1.54, 1.807) is 0 Å². The molecule has 7 heavy (non-hydrogen) atoms. The molecule has 0 aromatic carbocycles. The van der Waals surface area contributed by atoms with Gasteiger partial charge in [0.25, 0.3) is 0 Å². The van der Waals surface area contributed by atoms with Gasteiger partial charge in [-0.25, -0.2) is 0 Å². The maximum absolute atomic E-state index is 5.26. The Morgan fingerprint density at radius 3 is 2.57 bits per heavy atom. The Morgan fingerprint density at radius 1 is 1.86 bits per heavy atom. The zero-order valence-corrected chi connectivity index (χ0v) is 6.60. The molecule has 0 saturated carbocycles. The molecule has 0 rings (SSSR count). The molecule has 0 bridgehead atoms. The zero-order valence-electron chi connectivity index (χ0n) is 4.45. The topological polar surface area (TPSA) is 38.0 Å². The van der Waals surface area contributed by atoms with E-state index >= 15 is 0 Å². The Kier molecular flexibility index (Phi) is 5.25. The van der Waals surface area contributed by atoms with E-state index in [0.29, 0.717) is 4.05 Å². The fourth-order valence-electron chi connectivity index (χ4n) is 0.291. The number of alkyl halides is 1. The number of halogens is 1. The molecule has 44 valence electrons. The van der Waals surface area contributed by atoms with Gasteiger partial charge in [-0.05, 0) is 20.0 Å². The predicted octanol–water partition coefficient (Wildman–Crippen LogP) is 0.316. The Morgan fingerprint density at radius 2 is 2.43 bits per heavy atom. The van der Waals surface area contributed by atoms with Crippen LogP contribution < -0.4 is 11.1 Å². The number of nitrogens with two attached hydrogens (primary N) is 1. The van der Waals surface area contributed by atoms with E-state index in [1.165, 1.54) is 0 Å². The summed E-state index contributed by atoms with van der Waals surface area (Å²) in [5, 5.41) is 3.07. The lowest BCUT2D eigenvalue weighted by atomic mass is 10.4. The maximum Gasteiger partial charge on any atom is 0.0603 e. The van der Waals surface area contributed by atoms with Gasteiger partial charge in [0.1, 0.15) is 0 Å². The summed E-state index contributed by atoms with van der Waals surface area (Å²) in [5.74, 6) is 0. The molecule has 1 atom stereocenters. The molecule has 0 aliphatic carbocycles. The molecule has 0 spiro atoms. The van der Waals surface area contributed by atoms with Gasteiger partial charge in [-0.3, -0.25) is 0 Å². The van der Waals surface area contributed by atoms with Crippen LogP contribution in [0.5, 0.6) is 0 Å². The first-order valence-corrected chi connectivity index (χ1v) is 3.57. The minimum Gasteiger partial charge on any atom is -0.330 e. The van der Waals surface area contributed by atoms with Crippen molar-refractivity contribution in [1.29, 1.82) is 0 Å². The van der Waals surface area contributed by atoms with Gasteiger partial charge in [-0.1, -0.05) is 22.6 Å². The van der Waals surface area contributed by atoms with Crippen molar-refractivity contribution >= 4 is 22.6 Å². The van der Waals surface area contributed by atoms with Crippen molar-refractivity contribution in [2.24, 2.45) is 5.73 Å². The summed E-state index contributed by atoms with van der Waals surface area (Å²) in [6.07, 6.45) is 1.05. The van der Waals surface area contributed by atoms with Crippen LogP contribution in [0.3, 0.4) is 0 Å². The highest BCUT2D eigenvalue weighted by atomic mass is 127. The van der Waals surface area contributed by atoms with Crippen molar-refractivity contribution in [1.82, 2.24) is 5.32 Å². The number of hydrogen-bond acceptors (Lipinski definition) is 2. The van der Waals surface area contributed by atoms with Crippen LogP contribution in [0.1, 0.15) is 6.42 Å². The molecule has 0 aromatic rings. The van der Waals surface area contributed by atoms with Crippen molar-refractivity contribution in [3.8, 4) is 0 Å². The molecule has 0 fully saturated rings. The lowest BCUT2D eigenvalue weighted by Gasteiger charge is -2.03. The molecule has 0 radical (unpaired) electrons. The van der Waals surface area contributed by atoms with Gasteiger partial charge in [0, 0.05) is 0 Å². The molecule has 0 unspecified atom stereocenters. The van der Waals surface area contributed by atoms with Crippen LogP contribution in [-0.4, -0.2) is 17.6 Å². The zero-order chi connectivity index (χ0) is 5.70. The summed E-state index contributed by atoms with van der Waals surface area (Å²) in [4.78, 5) is 0. The van der Waals surface area contributed by atoms with E-state index in [1.807, 2.05) is 7.05 Å². The lowest BCUT2D eigenvalue weighted by molar-refractivity contribution is 0.708. The third kappa shape index (κ3) is 4.50. The maximum atomic E-state index is 5.26. The van der Waals surface area contributed by atoms with Crippen molar-refractivity contribution in [2.45, 2.75) is 10.5 Å². The Hall–Kier alpha value is 0.650. The molecule has 3 heteroatoms. The molecule has 0 aliphatic rings. The lowest BCUT2D eigenvalue weighted by Crippen LogP contribution is -2.20. The summed E-state index contributed by atoms with van der Waals surface area (Å²) in [7, 11) is 1.94. The first-order chi connectivity index (χ1) is 3.31. The van der Waals surface area contributed by atoms with E-state index in [0.717, 1.165) is 13.0 Å². The monoisotopic (exact) mass is 214 g/mol. The average molecular weight is 214 g/mol. The van der Waals surface area contributed by atoms with Crippen LogP contribution in [0.4, 0.5) is 0 Å². The van der Waals surface area contributed by atoms with Crippen LogP contribution in [0.25, 0.3) is 0 Å². The molecule has 3 N–H and O–H groups in total. The standard InChI is InChI=1S/C4H11IN2/c1-7-4(5)2-3-6/h4,7H,2-3,6H2,1H3/t4-/m1/s1. The molecule has 2 nitrogen and oxygen atoms in total. The van der Waals surface area contributed by atoms with Crippen molar-refractivity contribution < 1.29 is 0 Å². The predicted molar refractivity (Wildman–Crippen MR) is 40.5 cm³/mol. The normalized spacial score (nSPS) is 14.1. The first-order valence-electron chi connectivity index (χ1n) is 2.32. The third-order valence-electron chi connectivity index (χ3n) is 0.733. The summed E-state index contributed by atoms with van der Waals surface area (Å²) in [6.45, 7) is 0.772. The largest absolute Gasteiger partial charge is 0.330 e. The molecule has 0 amide bonds. The van der Waals surface area contributed by atoms with E-state index in [-0.39, 0.29) is 0 Å². The van der Waals surface area contributed by atoms with Gasteiger partial charge in [-0.15, -0.1) is 0 Å². The Balaban J connectivity index is 2.83. The molecule has 0 aliphatic heterocycles. The van der Waals surface area contributed by atoms with Crippen molar-refractivity contribution in [3.05, 3.63) is 0 Å². The fraction of sp³-hybridized carbons (Fsp3) is 1.00. The Labute approximate surface area is 58.0 Å². The minimum absolute atomic E-state index is 0.544. The van der Waals surface area contributed by atoms with Crippen LogP contribution in [0.15, 0.2) is 0 Å². The average Bonchev–Trinajstić information content (AvgIpc) is 1.68. The number of rotatable bonds is 3. The second kappa shape index (κ2) is 4.80. The quantitative estimate of drug-likeness (QED) is 0.403. The summed E-state index contributed by atoms with van der Waals surface area (Å²) < 4.78 is 0.544. The molecular formula is C4H11IN2. The van der Waals surface area contributed by atoms with Crippen molar-refractivity contribution in [3.63, 3.8) is 0 Å². The molecule has 0 aromatic heterocycles. The first kappa shape index (κ1) is 7.65. The van der Waals surface area contributed by atoms with Gasteiger partial charge in [0.2, 0.25) is 0 Å². The highest BCUT2D eigenvalue weighted by Gasteiger charge is 1.93. The van der Waals surface area contributed by atoms with Gasteiger partial charge in [0.15, 0.2) is 0 Å². The second-order valence-electron chi connectivity index (χ2n) is 1.33. The van der Waals surface area contributed by atoms with Gasteiger partial charge in [-0.2, -0.15) is 0 Å². The van der Waals surface area contributed by atoms with Crippen LogP contribution in [0.2, 0.25) is 0 Å². The van der Waals surface area contributed by atoms with Crippen LogP contribution >= 0.6 is 22.6 Å². The molecule has 0 heterocycles. The highest BCUT2D eigenvalue weighted by Crippen LogP contribution is 1.96. The molecule has 0 saturated heterocycles. The SMILES string of the molecule is CN[C@@H](I)CCN. The van der Waals surface area contributed by atoms with E-state index in [9.17, 15) is 0 Å². The van der Waals surface area contributed by atoms with E-state index in [4.69, 9.17) is 5.73 Å².